The van der Waals surface area contributed by atoms with Crippen LogP contribution in [-0.2, 0) is 19.1 Å². The van der Waals surface area contributed by atoms with E-state index in [4.69, 9.17) is 0 Å². The first-order valence-corrected chi connectivity index (χ1v) is 6.73. The molecule has 0 aromatic heterocycles. The van der Waals surface area contributed by atoms with Crippen LogP contribution < -0.4 is 0 Å². The summed E-state index contributed by atoms with van der Waals surface area (Å²) < 4.78 is 9.92. The van der Waals surface area contributed by atoms with E-state index in [1.807, 2.05) is 0 Å². The maximum absolute atomic E-state index is 11.8. The normalized spacial score (nSPS) is 11.8. The molecule has 0 bridgehead atoms. The smallest absolute Gasteiger partial charge is 0.320 e. The van der Waals surface area contributed by atoms with Crippen LogP contribution in [0.1, 0.15) is 11.5 Å². The minimum atomic E-state index is -1.38. The van der Waals surface area contributed by atoms with Crippen LogP contribution in [0.3, 0.4) is 0 Å². The largest absolute Gasteiger partial charge is 0.468 e. The molecule has 0 spiro atoms. The van der Waals surface area contributed by atoms with Gasteiger partial charge in [-0.3, -0.25) is 19.7 Å². The van der Waals surface area contributed by atoms with Gasteiger partial charge in [0, 0.05) is 9.40 Å². The number of carbonyl (C=O) groups excluding carboxylic acids is 2. The van der Waals surface area contributed by atoms with Crippen LogP contribution in [0.15, 0.2) is 28.7 Å². The maximum atomic E-state index is 11.8. The van der Waals surface area contributed by atoms with Gasteiger partial charge < -0.3 is 9.47 Å². The number of rotatable bonds is 6. The predicted molar refractivity (Wildman–Crippen MR) is 76.3 cm³/mol. The van der Waals surface area contributed by atoms with Crippen molar-refractivity contribution in [2.45, 2.75) is 5.92 Å². The summed E-state index contributed by atoms with van der Waals surface area (Å²) in [5.74, 6) is -4.08. The molecule has 1 aromatic carbocycles. The van der Waals surface area contributed by atoms with Gasteiger partial charge in [-0.2, -0.15) is 0 Å². The predicted octanol–water partition coefficient (Wildman–Crippen LogP) is 1.77. The van der Waals surface area contributed by atoms with Gasteiger partial charge in [-0.25, -0.2) is 0 Å². The van der Waals surface area contributed by atoms with E-state index in [1.165, 1.54) is 0 Å². The Labute approximate surface area is 129 Å². The highest BCUT2D eigenvalue weighted by atomic mass is 79.9. The lowest BCUT2D eigenvalue weighted by Crippen LogP contribution is -2.35. The number of halogens is 1. The molecule has 0 saturated carbocycles. The minimum Gasteiger partial charge on any atom is -0.468 e. The SMILES string of the molecule is COC(=O)C(C(=O)OC)[C@@H](C[N+](=O)[O-])c1ccc(Br)cc1. The Kier molecular flexibility index (Phi) is 6.29. The first-order valence-electron chi connectivity index (χ1n) is 5.93. The third kappa shape index (κ3) is 4.52. The molecule has 1 rings (SSSR count). The first kappa shape index (κ1) is 17.1. The van der Waals surface area contributed by atoms with Crippen molar-refractivity contribution in [3.8, 4) is 0 Å². The van der Waals surface area contributed by atoms with Crippen molar-refractivity contribution in [1.29, 1.82) is 0 Å². The van der Waals surface area contributed by atoms with Crippen LogP contribution in [0.2, 0.25) is 0 Å². The van der Waals surface area contributed by atoms with Crippen LogP contribution >= 0.6 is 15.9 Å². The van der Waals surface area contributed by atoms with Crippen LogP contribution in [0.4, 0.5) is 0 Å². The molecule has 0 aliphatic carbocycles. The van der Waals surface area contributed by atoms with Gasteiger partial charge in [0.15, 0.2) is 5.92 Å². The summed E-state index contributed by atoms with van der Waals surface area (Å²) in [6.45, 7) is -0.587. The van der Waals surface area contributed by atoms with E-state index in [0.29, 0.717) is 5.56 Å². The van der Waals surface area contributed by atoms with Crippen molar-refractivity contribution in [2.24, 2.45) is 5.92 Å². The van der Waals surface area contributed by atoms with Gasteiger partial charge in [0.25, 0.3) is 0 Å². The molecular weight excluding hydrogens is 346 g/mol. The zero-order chi connectivity index (χ0) is 16.0. The Hall–Kier alpha value is -1.96. The lowest BCUT2D eigenvalue weighted by molar-refractivity contribution is -0.484. The number of carbonyl (C=O) groups is 2. The van der Waals surface area contributed by atoms with Crippen LogP contribution in [-0.4, -0.2) is 37.6 Å². The highest BCUT2D eigenvalue weighted by molar-refractivity contribution is 9.10. The Morgan fingerprint density at radius 1 is 1.19 bits per heavy atom. The summed E-state index contributed by atoms with van der Waals surface area (Å²) in [6.07, 6.45) is 0. The van der Waals surface area contributed by atoms with E-state index >= 15 is 0 Å². The molecule has 0 unspecified atom stereocenters. The summed E-state index contributed by atoms with van der Waals surface area (Å²) in [4.78, 5) is 33.9. The molecule has 0 amide bonds. The molecule has 0 fully saturated rings. The number of hydrogen-bond acceptors (Lipinski definition) is 6. The van der Waals surface area contributed by atoms with Crippen molar-refractivity contribution in [3.05, 3.63) is 44.4 Å². The van der Waals surface area contributed by atoms with E-state index < -0.39 is 35.2 Å². The highest BCUT2D eigenvalue weighted by Gasteiger charge is 2.40. The molecule has 21 heavy (non-hydrogen) atoms. The number of nitro groups is 1. The molecule has 0 heterocycles. The van der Waals surface area contributed by atoms with E-state index in [2.05, 4.69) is 25.4 Å². The van der Waals surface area contributed by atoms with Gasteiger partial charge >= 0.3 is 11.9 Å². The van der Waals surface area contributed by atoms with Gasteiger partial charge in [-0.1, -0.05) is 28.1 Å². The molecule has 1 aromatic rings. The average Bonchev–Trinajstić information content (AvgIpc) is 2.46. The van der Waals surface area contributed by atoms with E-state index in [1.54, 1.807) is 24.3 Å². The second-order valence-corrected chi connectivity index (χ2v) is 5.11. The highest BCUT2D eigenvalue weighted by Crippen LogP contribution is 2.28. The second kappa shape index (κ2) is 7.72. The fourth-order valence-corrected chi connectivity index (χ4v) is 2.22. The average molecular weight is 360 g/mol. The first-order chi connectivity index (χ1) is 9.90. The molecule has 0 aliphatic rings. The lowest BCUT2D eigenvalue weighted by Gasteiger charge is -2.20. The summed E-state index contributed by atoms with van der Waals surface area (Å²) in [7, 11) is 2.23. The quantitative estimate of drug-likeness (QED) is 0.332. The van der Waals surface area contributed by atoms with Crippen molar-refractivity contribution in [1.82, 2.24) is 0 Å². The number of benzene rings is 1. The number of methoxy groups -OCH3 is 2. The van der Waals surface area contributed by atoms with Crippen molar-refractivity contribution in [2.75, 3.05) is 20.8 Å². The summed E-state index contributed by atoms with van der Waals surface area (Å²) in [6, 6.07) is 6.57. The Balaban J connectivity index is 3.25. The molecule has 0 N–H and O–H groups in total. The van der Waals surface area contributed by atoms with Crippen LogP contribution in [0.25, 0.3) is 0 Å². The van der Waals surface area contributed by atoms with Gasteiger partial charge in [0.05, 0.1) is 20.1 Å². The van der Waals surface area contributed by atoms with Gasteiger partial charge in [-0.05, 0) is 17.7 Å². The summed E-state index contributed by atoms with van der Waals surface area (Å²) >= 11 is 3.25. The maximum Gasteiger partial charge on any atom is 0.320 e. The molecule has 0 aliphatic heterocycles. The van der Waals surface area contributed by atoms with Gasteiger partial charge in [0.1, 0.15) is 0 Å². The molecule has 7 nitrogen and oxygen atoms in total. The second-order valence-electron chi connectivity index (χ2n) is 4.20. The Bertz CT molecular complexity index is 514. The molecule has 0 saturated heterocycles. The number of hydrogen-bond donors (Lipinski definition) is 0. The molecule has 1 atom stereocenters. The standard InChI is InChI=1S/C13H14BrNO6/c1-20-12(16)11(13(17)21-2)10(7-15(18)19)8-3-5-9(14)6-4-8/h3-6,10-11H,7H2,1-2H3/t10-/m0/s1. The number of esters is 2. The molecular formula is C13H14BrNO6. The summed E-state index contributed by atoms with van der Waals surface area (Å²) in [5, 5.41) is 10.9. The zero-order valence-electron chi connectivity index (χ0n) is 11.4. The topological polar surface area (TPSA) is 95.7 Å². The monoisotopic (exact) mass is 359 g/mol. The van der Waals surface area contributed by atoms with Crippen molar-refractivity contribution in [3.63, 3.8) is 0 Å². The van der Waals surface area contributed by atoms with Crippen LogP contribution in [0, 0.1) is 16.0 Å². The van der Waals surface area contributed by atoms with Gasteiger partial charge in [-0.15, -0.1) is 0 Å². The van der Waals surface area contributed by atoms with E-state index in [-0.39, 0.29) is 0 Å². The van der Waals surface area contributed by atoms with E-state index in [9.17, 15) is 19.7 Å². The Morgan fingerprint density at radius 3 is 2.05 bits per heavy atom. The fraction of sp³-hybridized carbons (Fsp3) is 0.385. The van der Waals surface area contributed by atoms with E-state index in [0.717, 1.165) is 18.7 Å². The number of ether oxygens (including phenoxy) is 2. The number of nitrogens with zero attached hydrogens (tertiary/aromatic N) is 1. The third-order valence-corrected chi connectivity index (χ3v) is 3.49. The summed E-state index contributed by atoms with van der Waals surface area (Å²) in [5.41, 5.74) is 0.482. The fourth-order valence-electron chi connectivity index (χ4n) is 1.95. The zero-order valence-corrected chi connectivity index (χ0v) is 13.0. The minimum absolute atomic E-state index is 0.482. The van der Waals surface area contributed by atoms with Gasteiger partial charge in [0.2, 0.25) is 6.54 Å². The lowest BCUT2D eigenvalue weighted by atomic mass is 9.86. The Morgan fingerprint density at radius 2 is 1.67 bits per heavy atom. The van der Waals surface area contributed by atoms with Crippen molar-refractivity contribution < 1.29 is 24.0 Å². The van der Waals surface area contributed by atoms with Crippen molar-refractivity contribution >= 4 is 27.9 Å². The third-order valence-electron chi connectivity index (χ3n) is 2.96. The molecule has 8 heteroatoms. The molecule has 0 radical (unpaired) electrons. The molecule has 114 valence electrons. The van der Waals surface area contributed by atoms with Crippen LogP contribution in [0.5, 0.6) is 0 Å².